The first-order valence-electron chi connectivity index (χ1n) is 28.0. The number of nitrogens with two attached hydrogens (primary N) is 2. The number of amides is 8. The lowest BCUT2D eigenvalue weighted by atomic mass is 9.88. The molecule has 8 atom stereocenters. The van der Waals surface area contributed by atoms with Crippen LogP contribution in [0.5, 0.6) is 0 Å². The molecule has 2 fully saturated rings. The van der Waals surface area contributed by atoms with E-state index in [1.54, 1.807) is 0 Å². The molecule has 30 heteroatoms. The quantitative estimate of drug-likeness (QED) is 0.0316. The van der Waals surface area contributed by atoms with Crippen LogP contribution >= 0.6 is 0 Å². The first kappa shape index (κ1) is 70.6. The Kier molecular flexibility index (Phi) is 32.9. The molecule has 0 unspecified atom stereocenters. The lowest BCUT2D eigenvalue weighted by Gasteiger charge is -2.27. The fourth-order valence-corrected chi connectivity index (χ4v) is 9.52. The zero-order valence-electron chi connectivity index (χ0n) is 46.1. The Hall–Kier alpha value is -7.50. The van der Waals surface area contributed by atoms with Crippen molar-refractivity contribution in [3.63, 3.8) is 0 Å². The number of rotatable bonds is 41. The molecule has 82 heavy (non-hydrogen) atoms. The summed E-state index contributed by atoms with van der Waals surface area (Å²) in [5.74, 6) is -18.0. The van der Waals surface area contributed by atoms with E-state index in [1.165, 1.54) is 0 Å². The predicted molar refractivity (Wildman–Crippen MR) is 286 cm³/mol. The van der Waals surface area contributed by atoms with Gasteiger partial charge in [-0.25, -0.2) is 9.59 Å². The normalized spacial score (nSPS) is 16.6. The highest BCUT2D eigenvalue weighted by molar-refractivity contribution is 5.98. The van der Waals surface area contributed by atoms with Crippen molar-refractivity contribution in [3.8, 4) is 0 Å². The van der Waals surface area contributed by atoms with Gasteiger partial charge in [-0.2, -0.15) is 0 Å². The largest absolute Gasteiger partial charge is 0.481 e. The molecule has 0 aliphatic heterocycles. The molecule has 30 nitrogen and oxygen atoms in total. The Morgan fingerprint density at radius 2 is 0.573 bits per heavy atom. The summed E-state index contributed by atoms with van der Waals surface area (Å²) in [6, 6.07) is -13.6. The van der Waals surface area contributed by atoms with Crippen LogP contribution in [0.15, 0.2) is 0 Å². The van der Waals surface area contributed by atoms with Crippen molar-refractivity contribution in [3.05, 3.63) is 0 Å². The smallest absolute Gasteiger partial charge is 0.326 e. The highest BCUT2D eigenvalue weighted by Gasteiger charge is 2.36. The number of carboxylic acid groups (broad SMARTS) is 6. The van der Waals surface area contributed by atoms with E-state index in [4.69, 9.17) is 11.5 Å². The average Bonchev–Trinajstić information content (AvgIpc) is 3.46. The van der Waals surface area contributed by atoms with Gasteiger partial charge < -0.3 is 84.6 Å². The molecule has 0 aromatic rings. The highest BCUT2D eigenvalue weighted by Crippen LogP contribution is 2.25. The third-order valence-corrected chi connectivity index (χ3v) is 14.2. The summed E-state index contributed by atoms with van der Waals surface area (Å²) in [5, 5.41) is 77.1. The lowest BCUT2D eigenvalue weighted by molar-refractivity contribution is -0.143. The van der Waals surface area contributed by atoms with E-state index < -0.39 is 195 Å². The second-order valence-electron chi connectivity index (χ2n) is 20.7. The van der Waals surface area contributed by atoms with Gasteiger partial charge in [0.15, 0.2) is 0 Å². The van der Waals surface area contributed by atoms with Crippen molar-refractivity contribution in [1.82, 2.24) is 42.5 Å². The van der Waals surface area contributed by atoms with Gasteiger partial charge in [-0.1, -0.05) is 51.4 Å². The van der Waals surface area contributed by atoms with Crippen LogP contribution in [-0.4, -0.2) is 175 Å². The molecule has 2 saturated carbocycles. The molecule has 0 radical (unpaired) electrons. The Labute approximate surface area is 473 Å². The van der Waals surface area contributed by atoms with Crippen LogP contribution in [-0.2, 0) is 67.1 Å². The van der Waals surface area contributed by atoms with E-state index in [-0.39, 0.29) is 51.6 Å². The molecule has 2 aliphatic rings. The topological polar surface area (TPSA) is 509 Å². The van der Waals surface area contributed by atoms with E-state index in [1.807, 2.05) is 0 Å². The maximum absolute atomic E-state index is 14.0. The SMILES string of the molecule is NCCCC[C@H](NC(=O)[C@H](CCCC[C@H](NC(=O)[C@H](CC(=O)O)NC(=O)[C@H](CCC(=O)O)NC(=O)C1CCCCC1)C(=O)N[C@@H](CCCCN)C(=O)O)NC(=O)[C@H](CC(=O)O)NC(=O)[C@H](CCC(=O)O)NC(=O)C1CCCCC1)C(=O)O. The summed E-state index contributed by atoms with van der Waals surface area (Å²) in [6.07, 6.45) is 2.04. The standard InChI is InChI=1S/C52H84N10O20/c53-25-11-9-19-35(51(79)80)59-45(73)31(57-49(77)37(27-41(67)68)61-47(75)33(21-23-39(63)64)55-43(71)29-13-3-1-4-14-29)17-7-8-18-32(46(74)60-36(52(81)82)20-10-12-26-54)58-50(78)38(28-42(69)70)62-48(76)34(22-24-40(65)66)56-44(72)30-15-5-2-6-16-30/h29-38H,1-28,53-54H2,(H,55,71)(H,56,72)(H,57,77)(H,58,78)(H,59,73)(H,60,74)(H,61,75)(H,62,76)(H,63,64)(H,65,66)(H,67,68)(H,69,70)(H,79,80)(H,81,82)/t31-,32-,33-,34-,35-,36-,37-,38-/m0/s1. The third kappa shape index (κ3) is 27.8. The summed E-state index contributed by atoms with van der Waals surface area (Å²) in [5.41, 5.74) is 11.1. The molecule has 0 saturated heterocycles. The van der Waals surface area contributed by atoms with E-state index in [2.05, 4.69) is 42.5 Å². The van der Waals surface area contributed by atoms with Crippen molar-refractivity contribution >= 4 is 83.1 Å². The van der Waals surface area contributed by atoms with Crippen LogP contribution in [0.4, 0.5) is 0 Å². The summed E-state index contributed by atoms with van der Waals surface area (Å²) in [6.45, 7) is 0.372. The molecule has 8 amide bonds. The number of nitrogens with one attached hydrogen (secondary N) is 8. The second kappa shape index (κ2) is 38.2. The van der Waals surface area contributed by atoms with Gasteiger partial charge in [-0.05, 0) is 103 Å². The van der Waals surface area contributed by atoms with Crippen LogP contribution in [0.25, 0.3) is 0 Å². The Bertz CT molecular complexity index is 2060. The van der Waals surface area contributed by atoms with Crippen molar-refractivity contribution in [1.29, 1.82) is 0 Å². The zero-order valence-corrected chi connectivity index (χ0v) is 46.1. The number of carbonyl (C=O) groups excluding carboxylic acids is 8. The molecular formula is C52H84N10O20. The Balaban J connectivity index is 2.52. The molecule has 2 rings (SSSR count). The summed E-state index contributed by atoms with van der Waals surface area (Å²) >= 11 is 0. The predicted octanol–water partition coefficient (Wildman–Crippen LogP) is -1.31. The average molecular weight is 1170 g/mol. The fraction of sp³-hybridized carbons (Fsp3) is 0.731. The molecule has 2 aliphatic carbocycles. The maximum atomic E-state index is 14.0. The molecule has 0 aromatic carbocycles. The Morgan fingerprint density at radius 3 is 0.854 bits per heavy atom. The summed E-state index contributed by atoms with van der Waals surface area (Å²) in [7, 11) is 0. The van der Waals surface area contributed by atoms with Gasteiger partial charge in [0.25, 0.3) is 0 Å². The maximum Gasteiger partial charge on any atom is 0.326 e. The molecule has 18 N–H and O–H groups in total. The number of carboxylic acids is 6. The number of aliphatic carboxylic acids is 6. The van der Waals surface area contributed by atoms with E-state index in [0.717, 1.165) is 38.5 Å². The van der Waals surface area contributed by atoms with Crippen molar-refractivity contribution < 1.29 is 97.8 Å². The summed E-state index contributed by atoms with van der Waals surface area (Å²) in [4.78, 5) is 182. The molecule has 0 bridgehead atoms. The van der Waals surface area contributed by atoms with Crippen molar-refractivity contribution in [2.75, 3.05) is 13.1 Å². The highest BCUT2D eigenvalue weighted by atomic mass is 16.4. The monoisotopic (exact) mass is 1170 g/mol. The molecule has 0 aromatic heterocycles. The summed E-state index contributed by atoms with van der Waals surface area (Å²) < 4.78 is 0. The van der Waals surface area contributed by atoms with Gasteiger partial charge in [-0.3, -0.25) is 57.5 Å². The van der Waals surface area contributed by atoms with Gasteiger partial charge in [0.2, 0.25) is 47.3 Å². The molecule has 462 valence electrons. The zero-order chi connectivity index (χ0) is 61.3. The van der Waals surface area contributed by atoms with Gasteiger partial charge in [0, 0.05) is 24.7 Å². The molecule has 0 spiro atoms. The van der Waals surface area contributed by atoms with E-state index in [0.29, 0.717) is 38.5 Å². The first-order valence-corrected chi connectivity index (χ1v) is 28.0. The lowest BCUT2D eigenvalue weighted by Crippen LogP contribution is -2.58. The van der Waals surface area contributed by atoms with Gasteiger partial charge in [0.05, 0.1) is 12.8 Å². The molecular weight excluding hydrogens is 1080 g/mol. The second-order valence-corrected chi connectivity index (χ2v) is 20.7. The number of unbranched alkanes of at least 4 members (excludes halogenated alkanes) is 3. The Morgan fingerprint density at radius 1 is 0.317 bits per heavy atom. The van der Waals surface area contributed by atoms with Gasteiger partial charge in [-0.15, -0.1) is 0 Å². The van der Waals surface area contributed by atoms with Crippen molar-refractivity contribution in [2.24, 2.45) is 23.3 Å². The van der Waals surface area contributed by atoms with Crippen LogP contribution in [0.3, 0.4) is 0 Å². The minimum Gasteiger partial charge on any atom is -0.481 e. The molecule has 0 heterocycles. The van der Waals surface area contributed by atoms with Crippen LogP contribution < -0.4 is 54.0 Å². The van der Waals surface area contributed by atoms with E-state index >= 15 is 0 Å². The number of carbonyl (C=O) groups is 14. The van der Waals surface area contributed by atoms with Crippen LogP contribution in [0.2, 0.25) is 0 Å². The number of hydrogen-bond acceptors (Lipinski definition) is 16. The van der Waals surface area contributed by atoms with Crippen molar-refractivity contribution in [2.45, 2.75) is 215 Å². The van der Waals surface area contributed by atoms with Crippen LogP contribution in [0.1, 0.15) is 167 Å². The van der Waals surface area contributed by atoms with E-state index in [9.17, 15) is 97.8 Å². The first-order chi connectivity index (χ1) is 38.9. The minimum atomic E-state index is -1.98. The third-order valence-electron chi connectivity index (χ3n) is 14.2. The fourth-order valence-electron chi connectivity index (χ4n) is 9.52. The minimum absolute atomic E-state index is 0.123. The van der Waals surface area contributed by atoms with Crippen LogP contribution in [0, 0.1) is 11.8 Å². The van der Waals surface area contributed by atoms with Gasteiger partial charge in [0.1, 0.15) is 48.3 Å². The number of hydrogen-bond donors (Lipinski definition) is 16. The van der Waals surface area contributed by atoms with Gasteiger partial charge >= 0.3 is 35.8 Å².